The zero-order valence-electron chi connectivity index (χ0n) is 19.8. The first-order valence-electron chi connectivity index (χ1n) is 11.8. The minimum absolute atomic E-state index is 0.693. The van der Waals surface area contributed by atoms with Crippen LogP contribution in [0.4, 0.5) is 0 Å². The van der Waals surface area contributed by atoms with Crippen LogP contribution in [0.1, 0.15) is 52.8 Å². The van der Waals surface area contributed by atoms with E-state index in [1.807, 2.05) is 18.2 Å². The zero-order chi connectivity index (χ0) is 24.2. The van der Waals surface area contributed by atoms with Crippen molar-refractivity contribution in [3.63, 3.8) is 0 Å². The summed E-state index contributed by atoms with van der Waals surface area (Å²) in [5.74, 6) is 13.3. The molecular weight excluding hydrogens is 442 g/mol. The zero-order valence-corrected chi connectivity index (χ0v) is 20.6. The van der Waals surface area contributed by atoms with E-state index in [9.17, 15) is 5.26 Å². The summed E-state index contributed by atoms with van der Waals surface area (Å²) in [7, 11) is 0. The van der Waals surface area contributed by atoms with E-state index in [1.165, 1.54) is 26.6 Å². The van der Waals surface area contributed by atoms with Crippen molar-refractivity contribution in [2.75, 3.05) is 0 Å². The summed E-state index contributed by atoms with van der Waals surface area (Å²) in [6, 6.07) is 29.2. The maximum Gasteiger partial charge on any atom is 0.0992 e. The van der Waals surface area contributed by atoms with E-state index in [0.717, 1.165) is 39.8 Å². The molecule has 0 saturated heterocycles. The van der Waals surface area contributed by atoms with E-state index in [4.69, 9.17) is 0 Å². The predicted molar refractivity (Wildman–Crippen MR) is 148 cm³/mol. The first-order chi connectivity index (χ1) is 17.2. The molecule has 0 amide bonds. The lowest BCUT2D eigenvalue weighted by Gasteiger charge is -2.02. The predicted octanol–water partition coefficient (Wildman–Crippen LogP) is 7.85. The highest BCUT2D eigenvalue weighted by atomic mass is 32.1. The third kappa shape index (κ3) is 4.83. The van der Waals surface area contributed by atoms with Gasteiger partial charge in [-0.15, -0.1) is 11.3 Å². The number of fused-ring (bicyclic) bond motifs is 3. The molecule has 0 atom stereocenters. The van der Waals surface area contributed by atoms with E-state index >= 15 is 0 Å². The molecule has 0 fully saturated rings. The Morgan fingerprint density at radius 2 is 1.17 bits per heavy atom. The van der Waals surface area contributed by atoms with Crippen LogP contribution in [0.15, 0.2) is 78.9 Å². The van der Waals surface area contributed by atoms with Crippen molar-refractivity contribution in [1.82, 2.24) is 0 Å². The maximum absolute atomic E-state index is 9.18. The monoisotopic (exact) mass is 465 g/mol. The van der Waals surface area contributed by atoms with Crippen molar-refractivity contribution in [3.8, 4) is 29.8 Å². The van der Waals surface area contributed by atoms with E-state index in [2.05, 4.69) is 104 Å². The molecule has 1 aromatic heterocycles. The lowest BCUT2D eigenvalue weighted by atomic mass is 10.0. The van der Waals surface area contributed by atoms with Gasteiger partial charge >= 0.3 is 0 Å². The van der Waals surface area contributed by atoms with Crippen molar-refractivity contribution < 1.29 is 0 Å². The van der Waals surface area contributed by atoms with Gasteiger partial charge in [-0.1, -0.05) is 61.8 Å². The Labute approximate surface area is 210 Å². The van der Waals surface area contributed by atoms with Crippen LogP contribution in [-0.4, -0.2) is 0 Å². The molecule has 0 saturated carbocycles. The second-order valence-corrected chi connectivity index (χ2v) is 9.50. The summed E-state index contributed by atoms with van der Waals surface area (Å²) in [5, 5.41) is 11.6. The fourth-order valence-electron chi connectivity index (χ4n) is 4.12. The summed E-state index contributed by atoms with van der Waals surface area (Å²) in [4.78, 5) is 0. The largest absolute Gasteiger partial charge is 0.192 e. The molecule has 5 aromatic rings. The molecule has 5 rings (SSSR count). The van der Waals surface area contributed by atoms with Crippen LogP contribution in [-0.2, 0) is 12.8 Å². The van der Waals surface area contributed by atoms with E-state index < -0.39 is 0 Å². The third-order valence-corrected chi connectivity index (χ3v) is 7.26. The quantitative estimate of drug-likeness (QED) is 0.244. The Morgan fingerprint density at radius 1 is 0.600 bits per heavy atom. The van der Waals surface area contributed by atoms with Crippen molar-refractivity contribution >= 4 is 31.5 Å². The van der Waals surface area contributed by atoms with Gasteiger partial charge < -0.3 is 0 Å². The Bertz CT molecular complexity index is 1720. The molecule has 0 aliphatic heterocycles. The first kappa shape index (κ1) is 22.5. The van der Waals surface area contributed by atoms with Gasteiger partial charge in [0, 0.05) is 42.4 Å². The van der Waals surface area contributed by atoms with Crippen LogP contribution in [0, 0.1) is 35.0 Å². The van der Waals surface area contributed by atoms with Gasteiger partial charge in [0.15, 0.2) is 0 Å². The first-order valence-corrected chi connectivity index (χ1v) is 12.6. The molecule has 1 heterocycles. The van der Waals surface area contributed by atoms with Crippen molar-refractivity contribution in [1.29, 1.82) is 5.26 Å². The Hall–Kier alpha value is -4.29. The summed E-state index contributed by atoms with van der Waals surface area (Å²) in [5.41, 5.74) is 7.31. The minimum Gasteiger partial charge on any atom is -0.192 e. The molecule has 0 aliphatic rings. The fraction of sp³-hybridized carbons (Fsp3) is 0.121. The van der Waals surface area contributed by atoms with Gasteiger partial charge in [-0.3, -0.25) is 0 Å². The van der Waals surface area contributed by atoms with Gasteiger partial charge in [-0.05, 0) is 78.6 Å². The molecule has 35 heavy (non-hydrogen) atoms. The normalized spacial score (nSPS) is 10.3. The van der Waals surface area contributed by atoms with Crippen molar-refractivity contribution in [2.45, 2.75) is 26.7 Å². The van der Waals surface area contributed by atoms with E-state index in [0.29, 0.717) is 5.56 Å². The number of rotatable bonds is 2. The van der Waals surface area contributed by atoms with Gasteiger partial charge in [0.2, 0.25) is 0 Å². The number of benzene rings is 4. The fourth-order valence-corrected chi connectivity index (χ4v) is 5.30. The Kier molecular flexibility index (Phi) is 6.37. The topological polar surface area (TPSA) is 23.8 Å². The number of nitriles is 1. The number of aryl methyl sites for hydroxylation is 2. The van der Waals surface area contributed by atoms with Crippen LogP contribution in [0.2, 0.25) is 0 Å². The van der Waals surface area contributed by atoms with Crippen LogP contribution < -0.4 is 0 Å². The summed E-state index contributed by atoms with van der Waals surface area (Å²) < 4.78 is 2.32. The number of hydrogen-bond acceptors (Lipinski definition) is 2. The van der Waals surface area contributed by atoms with Crippen LogP contribution in [0.3, 0.4) is 0 Å². The standard InChI is InChI=1S/C33H23NS/c1-3-23-5-7-24(8-6-23)11-15-29-16-12-25(19-28(29)4-2)9-10-26-13-17-30-31-18-14-27(22-34)21-33(31)35-32(30)20-26/h5-8,12-14,16-21H,3-4H2,1-2H3. The number of nitrogens with zero attached hydrogens (tertiary/aromatic N) is 1. The molecule has 0 aliphatic carbocycles. The molecule has 0 N–H and O–H groups in total. The average molecular weight is 466 g/mol. The van der Waals surface area contributed by atoms with Gasteiger partial charge in [-0.2, -0.15) is 5.26 Å². The average Bonchev–Trinajstić information content (AvgIpc) is 3.28. The number of hydrogen-bond donors (Lipinski definition) is 0. The maximum atomic E-state index is 9.18. The second kappa shape index (κ2) is 9.91. The van der Waals surface area contributed by atoms with E-state index in [1.54, 1.807) is 11.3 Å². The Balaban J connectivity index is 1.41. The summed E-state index contributed by atoms with van der Waals surface area (Å²) >= 11 is 1.71. The lowest BCUT2D eigenvalue weighted by molar-refractivity contribution is 1.13. The molecule has 166 valence electrons. The number of thiophene rings is 1. The summed E-state index contributed by atoms with van der Waals surface area (Å²) in [6.45, 7) is 4.31. The highest BCUT2D eigenvalue weighted by Crippen LogP contribution is 2.34. The van der Waals surface area contributed by atoms with Gasteiger partial charge in [-0.25, -0.2) is 0 Å². The van der Waals surface area contributed by atoms with Crippen LogP contribution in [0.25, 0.3) is 20.2 Å². The van der Waals surface area contributed by atoms with Gasteiger partial charge in [0.25, 0.3) is 0 Å². The van der Waals surface area contributed by atoms with E-state index in [-0.39, 0.29) is 0 Å². The summed E-state index contributed by atoms with van der Waals surface area (Å²) in [6.07, 6.45) is 1.95. The Morgan fingerprint density at radius 3 is 1.83 bits per heavy atom. The molecule has 0 bridgehead atoms. The molecule has 1 nitrogen and oxygen atoms in total. The van der Waals surface area contributed by atoms with Gasteiger partial charge in [0.05, 0.1) is 11.6 Å². The van der Waals surface area contributed by atoms with Crippen molar-refractivity contribution in [3.05, 3.63) is 118 Å². The molecule has 0 spiro atoms. The lowest BCUT2D eigenvalue weighted by Crippen LogP contribution is -1.89. The smallest absolute Gasteiger partial charge is 0.0992 e. The molecule has 0 unspecified atom stereocenters. The van der Waals surface area contributed by atoms with Gasteiger partial charge in [0.1, 0.15) is 0 Å². The van der Waals surface area contributed by atoms with Crippen LogP contribution in [0.5, 0.6) is 0 Å². The third-order valence-electron chi connectivity index (χ3n) is 6.14. The molecule has 0 radical (unpaired) electrons. The SMILES string of the molecule is CCc1ccc(C#Cc2ccc(C#Cc3ccc4c(c3)sc3cc(C#N)ccc34)cc2CC)cc1. The molecule has 4 aromatic carbocycles. The van der Waals surface area contributed by atoms with Crippen molar-refractivity contribution in [2.24, 2.45) is 0 Å². The highest BCUT2D eigenvalue weighted by Gasteiger charge is 2.06. The highest BCUT2D eigenvalue weighted by molar-refractivity contribution is 7.25. The molecular formula is C33H23NS. The second-order valence-electron chi connectivity index (χ2n) is 8.41. The van der Waals surface area contributed by atoms with Crippen LogP contribution >= 0.6 is 11.3 Å². The molecule has 2 heteroatoms. The minimum atomic E-state index is 0.693.